The largest absolute Gasteiger partial charge is 0.335 e. The zero-order valence-corrected chi connectivity index (χ0v) is 12.3. The number of piperazine rings is 1. The molecule has 0 aliphatic carbocycles. The highest BCUT2D eigenvalue weighted by Gasteiger charge is 2.20. The zero-order chi connectivity index (χ0) is 15.2. The first kappa shape index (κ1) is 14.2. The Hall–Kier alpha value is -2.80. The van der Waals surface area contributed by atoms with Gasteiger partial charge in [0.1, 0.15) is 5.69 Å². The summed E-state index contributed by atoms with van der Waals surface area (Å²) in [6, 6.07) is 18.2. The number of benzene rings is 1. The lowest BCUT2D eigenvalue weighted by Gasteiger charge is -2.32. The number of pyridine rings is 1. The van der Waals surface area contributed by atoms with Gasteiger partial charge < -0.3 is 9.80 Å². The normalized spacial score (nSPS) is 14.2. The minimum absolute atomic E-state index is 0.0953. The first-order chi connectivity index (χ1) is 10.8. The summed E-state index contributed by atoms with van der Waals surface area (Å²) in [4.78, 5) is 20.5. The standard InChI is InChI=1S/C18H17N3O/c22-18(16-6-2-1-3-7-16)21-14-12-20(13-15-21)11-9-17-8-4-5-10-19-17/h1-8,10H,12-15H2. The Kier molecular flexibility index (Phi) is 4.35. The van der Waals surface area contributed by atoms with Gasteiger partial charge in [-0.3, -0.25) is 4.79 Å². The van der Waals surface area contributed by atoms with Crippen LogP contribution in [-0.4, -0.2) is 46.9 Å². The van der Waals surface area contributed by atoms with Crippen LogP contribution < -0.4 is 0 Å². The van der Waals surface area contributed by atoms with Crippen molar-refractivity contribution in [2.75, 3.05) is 26.2 Å². The molecule has 4 nitrogen and oxygen atoms in total. The Bertz CT molecular complexity index is 681. The van der Waals surface area contributed by atoms with Gasteiger partial charge in [0.25, 0.3) is 5.91 Å². The number of hydrogen-bond donors (Lipinski definition) is 0. The molecule has 1 aromatic carbocycles. The molecule has 1 saturated heterocycles. The lowest BCUT2D eigenvalue weighted by Crippen LogP contribution is -2.47. The van der Waals surface area contributed by atoms with E-state index in [9.17, 15) is 4.79 Å². The van der Waals surface area contributed by atoms with E-state index in [0.717, 1.165) is 24.3 Å². The van der Waals surface area contributed by atoms with Gasteiger partial charge in [0.15, 0.2) is 0 Å². The van der Waals surface area contributed by atoms with E-state index in [4.69, 9.17) is 0 Å². The van der Waals surface area contributed by atoms with Crippen LogP contribution in [0.1, 0.15) is 16.1 Å². The Morgan fingerprint density at radius 2 is 1.68 bits per heavy atom. The maximum Gasteiger partial charge on any atom is 0.253 e. The van der Waals surface area contributed by atoms with Gasteiger partial charge >= 0.3 is 0 Å². The second-order valence-corrected chi connectivity index (χ2v) is 5.10. The molecule has 1 aliphatic rings. The highest BCUT2D eigenvalue weighted by atomic mass is 16.2. The number of carbonyl (C=O) groups excluding carboxylic acids is 1. The van der Waals surface area contributed by atoms with Crippen LogP contribution in [-0.2, 0) is 0 Å². The third kappa shape index (κ3) is 3.44. The number of nitrogens with zero attached hydrogens (tertiary/aromatic N) is 3. The molecule has 1 aromatic heterocycles. The van der Waals surface area contributed by atoms with Crippen LogP contribution in [0.15, 0.2) is 54.7 Å². The van der Waals surface area contributed by atoms with E-state index in [1.807, 2.05) is 58.3 Å². The monoisotopic (exact) mass is 291 g/mol. The highest BCUT2D eigenvalue weighted by Crippen LogP contribution is 2.08. The summed E-state index contributed by atoms with van der Waals surface area (Å²) >= 11 is 0. The molecule has 0 spiro atoms. The van der Waals surface area contributed by atoms with Crippen molar-refractivity contribution < 1.29 is 4.79 Å². The average Bonchev–Trinajstić information content (AvgIpc) is 2.61. The van der Waals surface area contributed by atoms with Crippen LogP contribution in [0.4, 0.5) is 0 Å². The molecule has 110 valence electrons. The van der Waals surface area contributed by atoms with E-state index in [0.29, 0.717) is 13.1 Å². The van der Waals surface area contributed by atoms with E-state index in [1.54, 1.807) is 6.20 Å². The molecule has 0 unspecified atom stereocenters. The van der Waals surface area contributed by atoms with Crippen LogP contribution >= 0.6 is 0 Å². The number of rotatable bonds is 1. The fourth-order valence-corrected chi connectivity index (χ4v) is 2.36. The number of carbonyl (C=O) groups is 1. The van der Waals surface area contributed by atoms with Crippen LogP contribution in [0.25, 0.3) is 0 Å². The van der Waals surface area contributed by atoms with Gasteiger partial charge in [-0.25, -0.2) is 4.98 Å². The van der Waals surface area contributed by atoms with Crippen molar-refractivity contribution in [1.82, 2.24) is 14.8 Å². The smallest absolute Gasteiger partial charge is 0.253 e. The Morgan fingerprint density at radius 3 is 2.36 bits per heavy atom. The number of amides is 1. The summed E-state index contributed by atoms with van der Waals surface area (Å²) in [6.45, 7) is 2.92. The Labute approximate surface area is 130 Å². The molecular weight excluding hydrogens is 274 g/mol. The Balaban J connectivity index is 1.57. The van der Waals surface area contributed by atoms with E-state index in [1.165, 1.54) is 0 Å². The molecule has 1 amide bonds. The first-order valence-corrected chi connectivity index (χ1v) is 7.35. The van der Waals surface area contributed by atoms with Crippen molar-refractivity contribution in [2.45, 2.75) is 0 Å². The van der Waals surface area contributed by atoms with Crippen LogP contribution in [0.3, 0.4) is 0 Å². The summed E-state index contributed by atoms with van der Waals surface area (Å²) in [5, 5.41) is 0. The van der Waals surface area contributed by atoms with Gasteiger partial charge in [-0.15, -0.1) is 0 Å². The number of hydrogen-bond acceptors (Lipinski definition) is 3. The molecule has 1 fully saturated rings. The van der Waals surface area contributed by atoms with Gasteiger partial charge in [-0.1, -0.05) is 24.3 Å². The van der Waals surface area contributed by atoms with Crippen molar-refractivity contribution in [3.63, 3.8) is 0 Å². The molecule has 2 heterocycles. The third-order valence-corrected chi connectivity index (χ3v) is 3.59. The molecule has 22 heavy (non-hydrogen) atoms. The van der Waals surface area contributed by atoms with Gasteiger partial charge in [-0.2, -0.15) is 0 Å². The van der Waals surface area contributed by atoms with Crippen molar-refractivity contribution >= 4 is 5.91 Å². The summed E-state index contributed by atoms with van der Waals surface area (Å²) < 4.78 is 0. The van der Waals surface area contributed by atoms with Gasteiger partial charge in [0.2, 0.25) is 0 Å². The van der Waals surface area contributed by atoms with Crippen molar-refractivity contribution in [2.24, 2.45) is 0 Å². The van der Waals surface area contributed by atoms with Crippen LogP contribution in [0, 0.1) is 12.0 Å². The second kappa shape index (κ2) is 6.77. The van der Waals surface area contributed by atoms with Gasteiger partial charge in [0, 0.05) is 44.0 Å². The predicted octanol–water partition coefficient (Wildman–Crippen LogP) is 1.85. The Morgan fingerprint density at radius 1 is 0.955 bits per heavy atom. The zero-order valence-electron chi connectivity index (χ0n) is 12.3. The molecule has 0 radical (unpaired) electrons. The van der Waals surface area contributed by atoms with E-state index in [-0.39, 0.29) is 5.91 Å². The van der Waals surface area contributed by atoms with E-state index < -0.39 is 0 Å². The lowest BCUT2D eigenvalue weighted by molar-refractivity contribution is 0.0686. The lowest BCUT2D eigenvalue weighted by atomic mass is 10.2. The molecule has 0 N–H and O–H groups in total. The molecule has 2 aromatic rings. The fraction of sp³-hybridized carbons (Fsp3) is 0.222. The molecule has 0 bridgehead atoms. The SMILES string of the molecule is O=C(c1ccccc1)N1CCN(C#Cc2ccccn2)CC1. The van der Waals surface area contributed by atoms with Crippen molar-refractivity contribution in [3.05, 3.63) is 66.0 Å². The highest BCUT2D eigenvalue weighted by molar-refractivity contribution is 5.94. The first-order valence-electron chi connectivity index (χ1n) is 7.35. The summed E-state index contributed by atoms with van der Waals surface area (Å²) in [7, 11) is 0. The van der Waals surface area contributed by atoms with Gasteiger partial charge in [0.05, 0.1) is 0 Å². The van der Waals surface area contributed by atoms with E-state index in [2.05, 4.69) is 16.9 Å². The third-order valence-electron chi connectivity index (χ3n) is 3.59. The minimum Gasteiger partial charge on any atom is -0.335 e. The minimum atomic E-state index is 0.0953. The van der Waals surface area contributed by atoms with Gasteiger partial charge in [-0.05, 0) is 30.2 Å². The average molecular weight is 291 g/mol. The predicted molar refractivity (Wildman–Crippen MR) is 85.0 cm³/mol. The summed E-state index contributed by atoms with van der Waals surface area (Å²) in [5.41, 5.74) is 1.51. The number of aromatic nitrogens is 1. The summed E-state index contributed by atoms with van der Waals surface area (Å²) in [5.74, 6) is 3.15. The quantitative estimate of drug-likeness (QED) is 0.752. The van der Waals surface area contributed by atoms with Crippen molar-refractivity contribution in [3.8, 4) is 12.0 Å². The molecule has 0 saturated carbocycles. The van der Waals surface area contributed by atoms with Crippen molar-refractivity contribution in [1.29, 1.82) is 0 Å². The van der Waals surface area contributed by atoms with Crippen LogP contribution in [0.5, 0.6) is 0 Å². The molecule has 4 heteroatoms. The second-order valence-electron chi connectivity index (χ2n) is 5.10. The van der Waals surface area contributed by atoms with Crippen LogP contribution in [0.2, 0.25) is 0 Å². The summed E-state index contributed by atoms with van der Waals surface area (Å²) in [6.07, 6.45) is 1.74. The molecule has 3 rings (SSSR count). The fourth-order valence-electron chi connectivity index (χ4n) is 2.36. The molecule has 0 atom stereocenters. The topological polar surface area (TPSA) is 36.4 Å². The molecule has 1 aliphatic heterocycles. The maximum atomic E-state index is 12.3. The van der Waals surface area contributed by atoms with E-state index >= 15 is 0 Å². The maximum absolute atomic E-state index is 12.3. The molecular formula is C18H17N3O.